The van der Waals surface area contributed by atoms with Crippen molar-refractivity contribution in [2.24, 2.45) is 0 Å². The van der Waals surface area contributed by atoms with Gasteiger partial charge in [-0.15, -0.1) is 12.4 Å². The summed E-state index contributed by atoms with van der Waals surface area (Å²) in [6.07, 6.45) is 0. The van der Waals surface area contributed by atoms with Crippen LogP contribution in [-0.2, 0) is 4.79 Å². The van der Waals surface area contributed by atoms with Gasteiger partial charge >= 0.3 is 0 Å². The van der Waals surface area contributed by atoms with Crippen LogP contribution in [0, 0.1) is 6.92 Å². The summed E-state index contributed by atoms with van der Waals surface area (Å²) in [5.41, 5.74) is 2.02. The summed E-state index contributed by atoms with van der Waals surface area (Å²) in [6, 6.07) is 12.3. The number of aryl methyl sites for hydroxylation is 1. The van der Waals surface area contributed by atoms with Crippen LogP contribution in [0.1, 0.15) is 19.4 Å². The van der Waals surface area contributed by atoms with Gasteiger partial charge in [0.2, 0.25) is 5.91 Å². The summed E-state index contributed by atoms with van der Waals surface area (Å²) in [7, 11) is 0. The number of hydrogen-bond acceptors (Lipinski definition) is 2. The number of amides is 1. The van der Waals surface area contributed by atoms with Gasteiger partial charge in [0.25, 0.3) is 0 Å². The Balaban J connectivity index is 0.00000220. The molecule has 0 aliphatic heterocycles. The third kappa shape index (κ3) is 4.19. The molecule has 0 aliphatic carbocycles. The smallest absolute Gasteiger partial charge is 0.238 e. The molecule has 0 unspecified atom stereocenters. The molecule has 21 heavy (non-hydrogen) atoms. The third-order valence-corrected chi connectivity index (χ3v) is 3.66. The highest BCUT2D eigenvalue weighted by Crippen LogP contribution is 2.26. The Morgan fingerprint density at radius 3 is 2.43 bits per heavy atom. The standard InChI is InChI=1S/C17H22N2O.ClH/c1-4-19(5-2)12-16(20)18-17-13(3)10-11-14-8-6-7-9-15(14)17;/h6-11H,4-5,12H2,1-3H3,(H,18,20);1H. The Morgan fingerprint density at radius 1 is 1.10 bits per heavy atom. The second kappa shape index (κ2) is 8.01. The van der Waals surface area contributed by atoms with E-state index in [1.165, 1.54) is 0 Å². The number of likely N-dealkylation sites (N-methyl/N-ethyl adjacent to an activating group) is 1. The number of rotatable bonds is 5. The second-order valence-electron chi connectivity index (χ2n) is 4.99. The molecule has 0 spiro atoms. The van der Waals surface area contributed by atoms with Crippen LogP contribution in [0.2, 0.25) is 0 Å². The van der Waals surface area contributed by atoms with Crippen molar-refractivity contribution in [1.82, 2.24) is 4.90 Å². The van der Waals surface area contributed by atoms with Crippen LogP contribution >= 0.6 is 12.4 Å². The topological polar surface area (TPSA) is 32.3 Å². The van der Waals surface area contributed by atoms with Gasteiger partial charge in [0.15, 0.2) is 0 Å². The van der Waals surface area contributed by atoms with E-state index in [-0.39, 0.29) is 18.3 Å². The Morgan fingerprint density at radius 2 is 1.76 bits per heavy atom. The maximum Gasteiger partial charge on any atom is 0.238 e. The van der Waals surface area contributed by atoms with E-state index in [0.717, 1.165) is 35.1 Å². The van der Waals surface area contributed by atoms with Crippen LogP contribution in [0.4, 0.5) is 5.69 Å². The van der Waals surface area contributed by atoms with Gasteiger partial charge in [-0.2, -0.15) is 0 Å². The lowest BCUT2D eigenvalue weighted by Crippen LogP contribution is -2.33. The zero-order valence-corrected chi connectivity index (χ0v) is 13.7. The van der Waals surface area contributed by atoms with Gasteiger partial charge in [-0.3, -0.25) is 9.69 Å². The van der Waals surface area contributed by atoms with Crippen molar-refractivity contribution in [3.05, 3.63) is 42.0 Å². The molecule has 0 heterocycles. The molecule has 1 amide bonds. The lowest BCUT2D eigenvalue weighted by molar-refractivity contribution is -0.117. The number of carbonyl (C=O) groups excluding carboxylic acids is 1. The largest absolute Gasteiger partial charge is 0.324 e. The van der Waals surface area contributed by atoms with Gasteiger partial charge in [0.1, 0.15) is 0 Å². The predicted molar refractivity (Wildman–Crippen MR) is 92.4 cm³/mol. The van der Waals surface area contributed by atoms with Crippen molar-refractivity contribution in [2.75, 3.05) is 25.0 Å². The highest BCUT2D eigenvalue weighted by Gasteiger charge is 2.11. The number of carbonyl (C=O) groups is 1. The molecule has 0 fully saturated rings. The molecule has 2 aromatic rings. The van der Waals surface area contributed by atoms with Crippen LogP contribution in [0.5, 0.6) is 0 Å². The zero-order chi connectivity index (χ0) is 14.5. The minimum absolute atomic E-state index is 0. The second-order valence-corrected chi connectivity index (χ2v) is 4.99. The molecule has 0 aliphatic rings. The Labute approximate surface area is 132 Å². The summed E-state index contributed by atoms with van der Waals surface area (Å²) < 4.78 is 0. The van der Waals surface area contributed by atoms with Gasteiger partial charge in [-0.05, 0) is 31.0 Å². The summed E-state index contributed by atoms with van der Waals surface area (Å²) in [4.78, 5) is 14.3. The highest BCUT2D eigenvalue weighted by atomic mass is 35.5. The summed E-state index contributed by atoms with van der Waals surface area (Å²) in [5.74, 6) is 0.0492. The molecule has 0 saturated heterocycles. The molecule has 0 saturated carbocycles. The molecule has 3 nitrogen and oxygen atoms in total. The van der Waals surface area contributed by atoms with Gasteiger partial charge in [-0.1, -0.05) is 50.2 Å². The fraction of sp³-hybridized carbons (Fsp3) is 0.353. The van der Waals surface area contributed by atoms with Crippen LogP contribution < -0.4 is 5.32 Å². The quantitative estimate of drug-likeness (QED) is 0.910. The molecule has 4 heteroatoms. The number of nitrogens with one attached hydrogen (secondary N) is 1. The summed E-state index contributed by atoms with van der Waals surface area (Å²) >= 11 is 0. The molecular formula is C17H23ClN2O. The molecule has 2 aromatic carbocycles. The number of hydrogen-bond donors (Lipinski definition) is 1. The highest BCUT2D eigenvalue weighted by molar-refractivity contribution is 6.03. The van der Waals surface area contributed by atoms with E-state index in [1.807, 2.05) is 19.1 Å². The zero-order valence-electron chi connectivity index (χ0n) is 12.8. The molecule has 0 radical (unpaired) electrons. The van der Waals surface area contributed by atoms with Gasteiger partial charge in [-0.25, -0.2) is 0 Å². The maximum absolute atomic E-state index is 12.2. The monoisotopic (exact) mass is 306 g/mol. The van der Waals surface area contributed by atoms with Gasteiger partial charge < -0.3 is 5.32 Å². The molecule has 0 aromatic heterocycles. The number of anilines is 1. The van der Waals surface area contributed by atoms with Crippen molar-refractivity contribution in [3.63, 3.8) is 0 Å². The SMILES string of the molecule is CCN(CC)CC(=O)Nc1c(C)ccc2ccccc12.Cl. The number of halogens is 1. The van der Waals surface area contributed by atoms with Crippen LogP contribution in [0.15, 0.2) is 36.4 Å². The number of nitrogens with zero attached hydrogens (tertiary/aromatic N) is 1. The molecule has 0 atom stereocenters. The molecule has 114 valence electrons. The van der Waals surface area contributed by atoms with Crippen LogP contribution in [0.3, 0.4) is 0 Å². The molecule has 0 bridgehead atoms. The van der Waals surface area contributed by atoms with E-state index < -0.39 is 0 Å². The molecular weight excluding hydrogens is 284 g/mol. The maximum atomic E-state index is 12.2. The Kier molecular flexibility index (Phi) is 6.66. The fourth-order valence-corrected chi connectivity index (χ4v) is 2.38. The van der Waals surface area contributed by atoms with Crippen molar-refractivity contribution in [2.45, 2.75) is 20.8 Å². The van der Waals surface area contributed by atoms with E-state index in [9.17, 15) is 4.79 Å². The van der Waals surface area contributed by atoms with Crippen LogP contribution in [-0.4, -0.2) is 30.4 Å². The van der Waals surface area contributed by atoms with Crippen molar-refractivity contribution >= 4 is 34.8 Å². The first-order valence-electron chi connectivity index (χ1n) is 7.16. The average molecular weight is 307 g/mol. The van der Waals surface area contributed by atoms with Crippen molar-refractivity contribution in [1.29, 1.82) is 0 Å². The predicted octanol–water partition coefficient (Wildman–Crippen LogP) is 3.85. The third-order valence-electron chi connectivity index (χ3n) is 3.66. The summed E-state index contributed by atoms with van der Waals surface area (Å²) in [6.45, 7) is 8.38. The summed E-state index contributed by atoms with van der Waals surface area (Å²) in [5, 5.41) is 5.32. The van der Waals surface area contributed by atoms with E-state index in [1.54, 1.807) is 0 Å². The van der Waals surface area contributed by atoms with E-state index in [4.69, 9.17) is 0 Å². The lowest BCUT2D eigenvalue weighted by atomic mass is 10.0. The Hall–Kier alpha value is -1.58. The average Bonchev–Trinajstić information content (AvgIpc) is 2.47. The first-order valence-corrected chi connectivity index (χ1v) is 7.16. The molecule has 2 rings (SSSR count). The van der Waals surface area contributed by atoms with Crippen LogP contribution in [0.25, 0.3) is 10.8 Å². The van der Waals surface area contributed by atoms with Gasteiger partial charge in [0, 0.05) is 5.39 Å². The normalized spacial score (nSPS) is 10.5. The first kappa shape index (κ1) is 17.5. The first-order chi connectivity index (χ1) is 9.65. The molecule has 1 N–H and O–H groups in total. The lowest BCUT2D eigenvalue weighted by Gasteiger charge is -2.18. The van der Waals surface area contributed by atoms with Crippen molar-refractivity contribution < 1.29 is 4.79 Å². The van der Waals surface area contributed by atoms with Gasteiger partial charge in [0.05, 0.1) is 12.2 Å². The Bertz CT molecular complexity index is 609. The van der Waals surface area contributed by atoms with E-state index >= 15 is 0 Å². The van der Waals surface area contributed by atoms with E-state index in [0.29, 0.717) is 6.54 Å². The minimum Gasteiger partial charge on any atom is -0.324 e. The fourth-order valence-electron chi connectivity index (χ4n) is 2.38. The number of benzene rings is 2. The number of fused-ring (bicyclic) bond motifs is 1. The van der Waals surface area contributed by atoms with E-state index in [2.05, 4.69) is 48.3 Å². The van der Waals surface area contributed by atoms with Crippen molar-refractivity contribution in [3.8, 4) is 0 Å². The minimum atomic E-state index is 0.